The second-order valence-electron chi connectivity index (χ2n) is 11.1. The van der Waals surface area contributed by atoms with Gasteiger partial charge in [0.15, 0.2) is 5.78 Å². The first-order valence-electron chi connectivity index (χ1n) is 15.7. The Morgan fingerprint density at radius 1 is 0.729 bits per heavy atom. The molecule has 0 aliphatic carbocycles. The molecule has 8 nitrogen and oxygen atoms in total. The van der Waals surface area contributed by atoms with Gasteiger partial charge >= 0.3 is 0 Å². The van der Waals surface area contributed by atoms with E-state index in [2.05, 4.69) is 0 Å². The Morgan fingerprint density at radius 3 is 1.90 bits per heavy atom. The van der Waals surface area contributed by atoms with Gasteiger partial charge in [0.25, 0.3) is 0 Å². The lowest BCUT2D eigenvalue weighted by molar-refractivity contribution is 0.0489. The molecule has 0 amide bonds. The molecule has 0 bridgehead atoms. The van der Waals surface area contributed by atoms with E-state index in [0.717, 1.165) is 16.7 Å². The number of hydrogen-bond donors (Lipinski definition) is 1. The summed E-state index contributed by atoms with van der Waals surface area (Å²) in [5, 5.41) is 0. The molecule has 0 saturated carbocycles. The fraction of sp³-hybridized carbons (Fsp3) is 0.263. The van der Waals surface area contributed by atoms with Gasteiger partial charge in [-0.15, -0.1) is 0 Å². The van der Waals surface area contributed by atoms with Crippen LogP contribution in [0.5, 0.6) is 11.5 Å². The summed E-state index contributed by atoms with van der Waals surface area (Å²) in [6.07, 6.45) is 0.967. The molecule has 0 atom stereocenters. The molecule has 5 rings (SSSR count). The molecule has 0 saturated heterocycles. The quantitative estimate of drug-likeness (QED) is 0.0837. The van der Waals surface area contributed by atoms with Crippen LogP contribution in [-0.4, -0.2) is 62.5 Å². The lowest BCUT2D eigenvalue weighted by Crippen LogP contribution is -2.12. The lowest BCUT2D eigenvalue weighted by Gasteiger charge is -2.15. The Balaban J connectivity index is 1.49. The van der Waals surface area contributed by atoms with Crippen molar-refractivity contribution in [3.8, 4) is 45.4 Å². The Morgan fingerprint density at radius 2 is 1.31 bits per heavy atom. The maximum absolute atomic E-state index is 14.1. The van der Waals surface area contributed by atoms with Gasteiger partial charge in [0.05, 0.1) is 45.4 Å². The van der Waals surface area contributed by atoms with E-state index in [1.165, 1.54) is 24.3 Å². The van der Waals surface area contributed by atoms with E-state index in [4.69, 9.17) is 29.7 Å². The molecule has 10 heteroatoms. The normalized spacial score (nSPS) is 11.1. The average molecular weight is 656 g/mol. The summed E-state index contributed by atoms with van der Waals surface area (Å²) in [4.78, 5) is 18.0. The molecule has 0 unspecified atom stereocenters. The van der Waals surface area contributed by atoms with Gasteiger partial charge in [0, 0.05) is 54.4 Å². The smallest absolute Gasteiger partial charge is 0.162 e. The molecule has 5 aromatic rings. The molecule has 4 aromatic carbocycles. The highest BCUT2D eigenvalue weighted by molar-refractivity contribution is 5.96. The van der Waals surface area contributed by atoms with Crippen LogP contribution in [0, 0.1) is 11.6 Å². The maximum Gasteiger partial charge on any atom is 0.162 e. The standard InChI is InChI=1S/C38H39F2N3O5/c1-45-33-22-30(23-34(24-33)46-2)38-42-36(28-9-13-31(39)14-10-28)37(29-11-15-32(40)16-12-29)43(38)25-26-5-7-27(8-6-26)35(44)4-3-18-47-20-21-48-19-17-41/h5-16,22-24H,3-4,17-21,25,41H2,1-2H3. The number of methoxy groups -OCH3 is 2. The first kappa shape index (κ1) is 34.4. The maximum atomic E-state index is 14.1. The summed E-state index contributed by atoms with van der Waals surface area (Å²) >= 11 is 0. The van der Waals surface area contributed by atoms with Crippen LogP contribution in [0.4, 0.5) is 8.78 Å². The first-order valence-corrected chi connectivity index (χ1v) is 15.7. The van der Waals surface area contributed by atoms with Crippen molar-refractivity contribution in [2.24, 2.45) is 5.73 Å². The fourth-order valence-electron chi connectivity index (χ4n) is 5.34. The minimum absolute atomic E-state index is 0.0296. The van der Waals surface area contributed by atoms with E-state index in [1.807, 2.05) is 41.0 Å². The fourth-order valence-corrected chi connectivity index (χ4v) is 5.34. The van der Waals surface area contributed by atoms with Gasteiger partial charge < -0.3 is 29.2 Å². The summed E-state index contributed by atoms with van der Waals surface area (Å²) in [6, 6.07) is 25.3. The third-order valence-electron chi connectivity index (χ3n) is 7.76. The summed E-state index contributed by atoms with van der Waals surface area (Å²) < 4.78 is 52.1. The van der Waals surface area contributed by atoms with Gasteiger partial charge in [0.1, 0.15) is 29.0 Å². The number of ether oxygens (including phenoxy) is 4. The third-order valence-corrected chi connectivity index (χ3v) is 7.76. The average Bonchev–Trinajstić information content (AvgIpc) is 3.48. The Hall–Kier alpha value is -4.90. The number of halogens is 2. The number of ketones is 1. The number of nitrogens with two attached hydrogens (primary N) is 1. The monoisotopic (exact) mass is 655 g/mol. The van der Waals surface area contributed by atoms with Crippen LogP contribution in [0.15, 0.2) is 91.0 Å². The Labute approximate surface area is 279 Å². The molecule has 0 spiro atoms. The number of Topliss-reactive ketones (excluding diaryl/α,β-unsaturated/α-hetero) is 1. The van der Waals surface area contributed by atoms with Crippen LogP contribution in [0.3, 0.4) is 0 Å². The van der Waals surface area contributed by atoms with Crippen molar-refractivity contribution < 1.29 is 32.5 Å². The zero-order valence-electron chi connectivity index (χ0n) is 27.1. The Kier molecular flexibility index (Phi) is 12.0. The summed E-state index contributed by atoms with van der Waals surface area (Å²) in [5.74, 6) is 1.06. The van der Waals surface area contributed by atoms with Gasteiger partial charge in [-0.3, -0.25) is 4.79 Å². The summed E-state index contributed by atoms with van der Waals surface area (Å²) in [5.41, 5.74) is 10.4. The van der Waals surface area contributed by atoms with Crippen molar-refractivity contribution in [1.29, 1.82) is 0 Å². The van der Waals surface area contributed by atoms with Crippen LogP contribution in [0.2, 0.25) is 0 Å². The molecule has 2 N–H and O–H groups in total. The predicted octanol–water partition coefficient (Wildman–Crippen LogP) is 7.18. The number of imidazole rings is 1. The van der Waals surface area contributed by atoms with Gasteiger partial charge in [-0.05, 0) is 72.6 Å². The molecular weight excluding hydrogens is 616 g/mol. The van der Waals surface area contributed by atoms with Crippen LogP contribution in [0.1, 0.15) is 28.8 Å². The minimum atomic E-state index is -0.366. The SMILES string of the molecule is COc1cc(OC)cc(-c2nc(-c3ccc(F)cc3)c(-c3ccc(F)cc3)n2Cc2ccc(C(=O)CCCOCCOCCN)cc2)c1. The summed E-state index contributed by atoms with van der Waals surface area (Å²) in [6.45, 7) is 2.75. The van der Waals surface area contributed by atoms with E-state index < -0.39 is 0 Å². The van der Waals surface area contributed by atoms with Crippen LogP contribution in [-0.2, 0) is 16.0 Å². The van der Waals surface area contributed by atoms with E-state index in [1.54, 1.807) is 44.6 Å². The van der Waals surface area contributed by atoms with Gasteiger partial charge in [-0.2, -0.15) is 0 Å². The van der Waals surface area contributed by atoms with E-state index >= 15 is 0 Å². The molecule has 0 fully saturated rings. The number of nitrogens with zero attached hydrogens (tertiary/aromatic N) is 2. The van der Waals surface area contributed by atoms with Crippen molar-refractivity contribution in [3.63, 3.8) is 0 Å². The number of aromatic nitrogens is 2. The highest BCUT2D eigenvalue weighted by atomic mass is 19.1. The molecule has 250 valence electrons. The van der Waals surface area contributed by atoms with Crippen molar-refractivity contribution in [2.45, 2.75) is 19.4 Å². The minimum Gasteiger partial charge on any atom is -0.497 e. The highest BCUT2D eigenvalue weighted by Crippen LogP contribution is 2.39. The van der Waals surface area contributed by atoms with Gasteiger partial charge in [0.2, 0.25) is 0 Å². The van der Waals surface area contributed by atoms with Gasteiger partial charge in [-0.1, -0.05) is 24.3 Å². The molecule has 0 aliphatic rings. The molecule has 48 heavy (non-hydrogen) atoms. The molecule has 0 aliphatic heterocycles. The zero-order chi connectivity index (χ0) is 33.9. The highest BCUT2D eigenvalue weighted by Gasteiger charge is 2.23. The molecule has 1 heterocycles. The third kappa shape index (κ3) is 8.71. The van der Waals surface area contributed by atoms with Crippen molar-refractivity contribution in [3.05, 3.63) is 114 Å². The zero-order valence-corrected chi connectivity index (χ0v) is 27.1. The number of carbonyl (C=O) groups is 1. The number of hydrogen-bond acceptors (Lipinski definition) is 7. The van der Waals surface area contributed by atoms with E-state index in [0.29, 0.717) is 92.2 Å². The second kappa shape index (κ2) is 16.8. The number of benzene rings is 4. The van der Waals surface area contributed by atoms with Crippen molar-refractivity contribution in [1.82, 2.24) is 9.55 Å². The number of carbonyl (C=O) groups excluding carboxylic acids is 1. The van der Waals surface area contributed by atoms with Crippen LogP contribution < -0.4 is 15.2 Å². The van der Waals surface area contributed by atoms with Crippen LogP contribution in [0.25, 0.3) is 33.9 Å². The van der Waals surface area contributed by atoms with Gasteiger partial charge in [-0.25, -0.2) is 13.8 Å². The van der Waals surface area contributed by atoms with E-state index in [-0.39, 0.29) is 17.4 Å². The molecule has 0 radical (unpaired) electrons. The van der Waals surface area contributed by atoms with E-state index in [9.17, 15) is 13.6 Å². The van der Waals surface area contributed by atoms with Crippen molar-refractivity contribution in [2.75, 3.05) is 47.2 Å². The Bertz CT molecular complexity index is 1770. The topological polar surface area (TPSA) is 97.8 Å². The van der Waals surface area contributed by atoms with Crippen LogP contribution >= 0.6 is 0 Å². The molecule has 1 aromatic heterocycles. The number of rotatable bonds is 17. The predicted molar refractivity (Wildman–Crippen MR) is 181 cm³/mol. The van der Waals surface area contributed by atoms with Crippen molar-refractivity contribution >= 4 is 5.78 Å². The first-order chi connectivity index (χ1) is 23.4. The largest absolute Gasteiger partial charge is 0.497 e. The second-order valence-corrected chi connectivity index (χ2v) is 11.1. The lowest BCUT2D eigenvalue weighted by atomic mass is 10.0. The summed E-state index contributed by atoms with van der Waals surface area (Å²) in [7, 11) is 3.16. The molecular formula is C38H39F2N3O5.